The lowest BCUT2D eigenvalue weighted by molar-refractivity contribution is 0.385. The predicted molar refractivity (Wildman–Crippen MR) is 69.3 cm³/mol. The molecule has 1 aromatic rings. The quantitative estimate of drug-likeness (QED) is 0.808. The van der Waals surface area contributed by atoms with Crippen molar-refractivity contribution < 1.29 is 13.2 Å². The number of hydrogen-bond acceptors (Lipinski definition) is 1. The molecule has 0 unspecified atom stereocenters. The summed E-state index contributed by atoms with van der Waals surface area (Å²) >= 11 is 0. The topological polar surface area (TPSA) is 12.0 Å². The highest BCUT2D eigenvalue weighted by atomic mass is 19.2. The molecule has 2 rings (SSSR count). The first-order chi connectivity index (χ1) is 9.16. The van der Waals surface area contributed by atoms with E-state index in [1.165, 1.54) is 32.1 Å². The first-order valence-electron chi connectivity index (χ1n) is 7.03. The molecule has 0 bridgehead atoms. The van der Waals surface area contributed by atoms with Gasteiger partial charge in [-0.3, -0.25) is 0 Å². The lowest BCUT2D eigenvalue weighted by atomic mass is 9.96. The van der Waals surface area contributed by atoms with Gasteiger partial charge in [0.05, 0.1) is 0 Å². The zero-order chi connectivity index (χ0) is 13.7. The van der Waals surface area contributed by atoms with Crippen LogP contribution in [-0.4, -0.2) is 6.04 Å². The van der Waals surface area contributed by atoms with Gasteiger partial charge in [-0.15, -0.1) is 0 Å². The van der Waals surface area contributed by atoms with Gasteiger partial charge in [0.2, 0.25) is 0 Å². The van der Waals surface area contributed by atoms with Crippen LogP contribution in [0.5, 0.6) is 0 Å². The van der Waals surface area contributed by atoms with Gasteiger partial charge in [0.15, 0.2) is 11.6 Å². The van der Waals surface area contributed by atoms with E-state index in [9.17, 15) is 13.2 Å². The van der Waals surface area contributed by atoms with Gasteiger partial charge in [0.1, 0.15) is 5.82 Å². The average molecular weight is 271 g/mol. The molecule has 1 fully saturated rings. The number of rotatable bonds is 3. The molecule has 0 atom stereocenters. The Hall–Kier alpha value is -1.03. The van der Waals surface area contributed by atoms with E-state index < -0.39 is 17.5 Å². The molecule has 1 aliphatic carbocycles. The maximum absolute atomic E-state index is 13.5. The highest BCUT2D eigenvalue weighted by Crippen LogP contribution is 2.18. The number of halogens is 3. The Morgan fingerprint density at radius 2 is 1.42 bits per heavy atom. The molecule has 4 heteroatoms. The molecule has 0 amide bonds. The van der Waals surface area contributed by atoms with Crippen molar-refractivity contribution in [3.63, 3.8) is 0 Å². The molecule has 1 aliphatic rings. The second-order valence-corrected chi connectivity index (χ2v) is 5.28. The lowest BCUT2D eigenvalue weighted by Gasteiger charge is -2.21. The second kappa shape index (κ2) is 6.94. The van der Waals surface area contributed by atoms with Crippen LogP contribution in [0, 0.1) is 17.5 Å². The second-order valence-electron chi connectivity index (χ2n) is 5.28. The number of nitrogens with one attached hydrogen (secondary N) is 1. The number of benzene rings is 1. The standard InChI is InChI=1S/C15H20F3N/c16-13-9-15(18)14(17)8-11(13)10-19-12-6-4-2-1-3-5-7-12/h8-9,12,19H,1-7,10H2. The number of hydrogen-bond donors (Lipinski definition) is 1. The summed E-state index contributed by atoms with van der Waals surface area (Å²) in [4.78, 5) is 0. The van der Waals surface area contributed by atoms with Crippen molar-refractivity contribution in [2.75, 3.05) is 0 Å². The normalized spacial score (nSPS) is 18.1. The van der Waals surface area contributed by atoms with Crippen LogP contribution in [0.4, 0.5) is 13.2 Å². The van der Waals surface area contributed by atoms with Crippen LogP contribution >= 0.6 is 0 Å². The molecule has 0 spiro atoms. The zero-order valence-electron chi connectivity index (χ0n) is 11.0. The molecule has 19 heavy (non-hydrogen) atoms. The summed E-state index contributed by atoms with van der Waals surface area (Å²) in [7, 11) is 0. The smallest absolute Gasteiger partial charge is 0.161 e. The van der Waals surface area contributed by atoms with Gasteiger partial charge >= 0.3 is 0 Å². The fraction of sp³-hybridized carbons (Fsp3) is 0.600. The van der Waals surface area contributed by atoms with Crippen LogP contribution in [-0.2, 0) is 6.54 Å². The first kappa shape index (κ1) is 14.4. The van der Waals surface area contributed by atoms with Gasteiger partial charge in [-0.25, -0.2) is 13.2 Å². The third-order valence-corrected chi connectivity index (χ3v) is 3.78. The van der Waals surface area contributed by atoms with Gasteiger partial charge in [-0.1, -0.05) is 32.1 Å². The van der Waals surface area contributed by atoms with Crippen molar-refractivity contribution in [2.45, 2.75) is 57.5 Å². The Bertz CT molecular complexity index is 412. The average Bonchev–Trinajstić information content (AvgIpc) is 2.33. The third-order valence-electron chi connectivity index (χ3n) is 3.78. The Kier molecular flexibility index (Phi) is 5.25. The molecule has 0 heterocycles. The van der Waals surface area contributed by atoms with Crippen molar-refractivity contribution in [3.8, 4) is 0 Å². The summed E-state index contributed by atoms with van der Waals surface area (Å²) in [6, 6.07) is 1.92. The van der Waals surface area contributed by atoms with Crippen molar-refractivity contribution in [1.82, 2.24) is 5.32 Å². The molecule has 106 valence electrons. The summed E-state index contributed by atoms with van der Waals surface area (Å²) in [6.07, 6.45) is 8.30. The molecule has 0 saturated heterocycles. The van der Waals surface area contributed by atoms with Crippen molar-refractivity contribution >= 4 is 0 Å². The molecule has 1 aromatic carbocycles. The Labute approximate surface area is 112 Å². The minimum atomic E-state index is -1.13. The van der Waals surface area contributed by atoms with Crippen molar-refractivity contribution in [1.29, 1.82) is 0 Å². The van der Waals surface area contributed by atoms with Crippen LogP contribution < -0.4 is 5.32 Å². The molecule has 0 radical (unpaired) electrons. The predicted octanol–water partition coefficient (Wildman–Crippen LogP) is 4.31. The Balaban J connectivity index is 1.92. The van der Waals surface area contributed by atoms with Crippen LogP contribution in [0.15, 0.2) is 12.1 Å². The molecule has 1 saturated carbocycles. The van der Waals surface area contributed by atoms with E-state index in [0.717, 1.165) is 18.9 Å². The third kappa shape index (κ3) is 4.23. The molecular weight excluding hydrogens is 251 g/mol. The van der Waals surface area contributed by atoms with E-state index in [0.29, 0.717) is 12.1 Å². The highest BCUT2D eigenvalue weighted by molar-refractivity contribution is 5.20. The van der Waals surface area contributed by atoms with E-state index in [4.69, 9.17) is 0 Å². The van der Waals surface area contributed by atoms with E-state index in [-0.39, 0.29) is 12.1 Å². The summed E-state index contributed by atoms with van der Waals surface area (Å²) < 4.78 is 39.4. The zero-order valence-corrected chi connectivity index (χ0v) is 11.0. The van der Waals surface area contributed by atoms with Crippen molar-refractivity contribution in [3.05, 3.63) is 35.1 Å². The van der Waals surface area contributed by atoms with Gasteiger partial charge in [0.25, 0.3) is 0 Å². The molecule has 1 nitrogen and oxygen atoms in total. The van der Waals surface area contributed by atoms with Crippen molar-refractivity contribution in [2.24, 2.45) is 0 Å². The van der Waals surface area contributed by atoms with Crippen LogP contribution in [0.25, 0.3) is 0 Å². The maximum Gasteiger partial charge on any atom is 0.161 e. The minimum absolute atomic E-state index is 0.195. The highest BCUT2D eigenvalue weighted by Gasteiger charge is 2.13. The fourth-order valence-corrected chi connectivity index (χ4v) is 2.61. The minimum Gasteiger partial charge on any atom is -0.310 e. The lowest BCUT2D eigenvalue weighted by Crippen LogP contribution is -2.29. The summed E-state index contributed by atoms with van der Waals surface area (Å²) in [5, 5.41) is 3.26. The van der Waals surface area contributed by atoms with Gasteiger partial charge in [-0.05, 0) is 18.9 Å². The SMILES string of the molecule is Fc1cc(F)c(CNC2CCCCCCC2)cc1F. The van der Waals surface area contributed by atoms with E-state index in [1.54, 1.807) is 0 Å². The van der Waals surface area contributed by atoms with Crippen LogP contribution in [0.2, 0.25) is 0 Å². The first-order valence-corrected chi connectivity index (χ1v) is 7.03. The van der Waals surface area contributed by atoms with Gasteiger partial charge < -0.3 is 5.32 Å². The molecular formula is C15H20F3N. The largest absolute Gasteiger partial charge is 0.310 e. The van der Waals surface area contributed by atoms with E-state index in [1.807, 2.05) is 0 Å². The Morgan fingerprint density at radius 3 is 2.11 bits per heavy atom. The summed E-state index contributed by atoms with van der Waals surface area (Å²) in [5.41, 5.74) is 0.195. The van der Waals surface area contributed by atoms with Gasteiger partial charge in [-0.2, -0.15) is 0 Å². The maximum atomic E-state index is 13.5. The molecule has 1 N–H and O–H groups in total. The Morgan fingerprint density at radius 1 is 0.842 bits per heavy atom. The summed E-state index contributed by atoms with van der Waals surface area (Å²) in [6.45, 7) is 0.258. The van der Waals surface area contributed by atoms with E-state index >= 15 is 0 Å². The van der Waals surface area contributed by atoms with E-state index in [2.05, 4.69) is 5.32 Å². The van der Waals surface area contributed by atoms with Gasteiger partial charge in [0, 0.05) is 24.2 Å². The molecule has 0 aromatic heterocycles. The fourth-order valence-electron chi connectivity index (χ4n) is 2.61. The van der Waals surface area contributed by atoms with Crippen LogP contribution in [0.1, 0.15) is 50.5 Å². The monoisotopic (exact) mass is 271 g/mol. The van der Waals surface area contributed by atoms with Crippen LogP contribution in [0.3, 0.4) is 0 Å². The summed E-state index contributed by atoms with van der Waals surface area (Å²) in [5.74, 6) is -2.81. The molecule has 0 aliphatic heterocycles.